The lowest BCUT2D eigenvalue weighted by molar-refractivity contribution is 0.0649. The third-order valence-corrected chi connectivity index (χ3v) is 3.77. The number of rotatable bonds is 3. The molecule has 19 heavy (non-hydrogen) atoms. The van der Waals surface area contributed by atoms with Crippen molar-refractivity contribution >= 4 is 5.91 Å². The molecule has 1 unspecified atom stereocenters. The molecule has 0 aliphatic carbocycles. The quantitative estimate of drug-likeness (QED) is 0.911. The Balaban J connectivity index is 2.12. The van der Waals surface area contributed by atoms with Crippen molar-refractivity contribution in [2.24, 2.45) is 5.92 Å². The first-order chi connectivity index (χ1) is 9.13. The summed E-state index contributed by atoms with van der Waals surface area (Å²) in [6, 6.07) is 4.91. The minimum Gasteiger partial charge on any atom is -0.396 e. The van der Waals surface area contributed by atoms with Gasteiger partial charge in [0.05, 0.1) is 5.56 Å². The van der Waals surface area contributed by atoms with Crippen LogP contribution in [0, 0.1) is 18.7 Å². The Hall–Kier alpha value is -1.42. The molecule has 1 aliphatic rings. The molecule has 1 saturated heterocycles. The first-order valence-corrected chi connectivity index (χ1v) is 6.78. The molecule has 1 aromatic rings. The summed E-state index contributed by atoms with van der Waals surface area (Å²) in [6.07, 6.45) is 2.66. The minimum atomic E-state index is -0.420. The first kappa shape index (κ1) is 14.0. The second-order valence-corrected chi connectivity index (χ2v) is 5.21. The van der Waals surface area contributed by atoms with E-state index in [2.05, 4.69) is 0 Å². The third kappa shape index (κ3) is 3.13. The van der Waals surface area contributed by atoms with Gasteiger partial charge in [0.2, 0.25) is 0 Å². The summed E-state index contributed by atoms with van der Waals surface area (Å²) in [5.74, 6) is -0.323. The van der Waals surface area contributed by atoms with E-state index in [1.54, 1.807) is 30.0 Å². The number of aryl methyl sites for hydroxylation is 1. The van der Waals surface area contributed by atoms with Crippen molar-refractivity contribution in [1.82, 2.24) is 4.90 Å². The molecule has 1 atom stereocenters. The van der Waals surface area contributed by atoms with E-state index in [1.807, 2.05) is 0 Å². The number of aliphatic hydroxyl groups is 1. The number of hydrogen-bond acceptors (Lipinski definition) is 2. The fraction of sp³-hybridized carbons (Fsp3) is 0.533. The van der Waals surface area contributed by atoms with Gasteiger partial charge in [0.25, 0.3) is 5.91 Å². The summed E-state index contributed by atoms with van der Waals surface area (Å²) in [5.41, 5.74) is 0.652. The number of hydrogen-bond donors (Lipinski definition) is 1. The predicted octanol–water partition coefficient (Wildman–Crippen LogP) is 2.37. The van der Waals surface area contributed by atoms with Gasteiger partial charge in [-0.2, -0.15) is 0 Å². The molecule has 1 amide bonds. The van der Waals surface area contributed by atoms with E-state index in [0.717, 1.165) is 12.8 Å². The van der Waals surface area contributed by atoms with E-state index in [4.69, 9.17) is 5.11 Å². The summed E-state index contributed by atoms with van der Waals surface area (Å²) < 4.78 is 14.0. The number of piperidine rings is 1. The Bertz CT molecular complexity index is 459. The number of nitrogens with zero attached hydrogens (tertiary/aromatic N) is 1. The molecule has 1 N–H and O–H groups in total. The Morgan fingerprint density at radius 1 is 1.53 bits per heavy atom. The van der Waals surface area contributed by atoms with Crippen LogP contribution in [-0.4, -0.2) is 35.6 Å². The van der Waals surface area contributed by atoms with Gasteiger partial charge in [-0.15, -0.1) is 0 Å². The highest BCUT2D eigenvalue weighted by atomic mass is 19.1. The highest BCUT2D eigenvalue weighted by molar-refractivity contribution is 5.94. The van der Waals surface area contributed by atoms with Gasteiger partial charge in [-0.1, -0.05) is 12.1 Å². The second-order valence-electron chi connectivity index (χ2n) is 5.21. The Kier molecular flexibility index (Phi) is 4.53. The Morgan fingerprint density at radius 3 is 3.05 bits per heavy atom. The molecule has 1 fully saturated rings. The lowest BCUT2D eigenvalue weighted by Crippen LogP contribution is -2.40. The Morgan fingerprint density at radius 2 is 2.32 bits per heavy atom. The van der Waals surface area contributed by atoms with Crippen molar-refractivity contribution in [2.45, 2.75) is 26.2 Å². The number of amides is 1. The monoisotopic (exact) mass is 265 g/mol. The van der Waals surface area contributed by atoms with Crippen molar-refractivity contribution in [2.75, 3.05) is 19.7 Å². The van der Waals surface area contributed by atoms with Gasteiger partial charge >= 0.3 is 0 Å². The number of halogens is 1. The standard InChI is InChI=1S/C15H20FNO2/c1-11-4-2-6-13(14(11)16)15(19)17-8-3-5-12(10-17)7-9-18/h2,4,6,12,18H,3,5,7-10H2,1H3. The van der Waals surface area contributed by atoms with Crippen molar-refractivity contribution in [3.63, 3.8) is 0 Å². The van der Waals surface area contributed by atoms with Gasteiger partial charge in [0, 0.05) is 19.7 Å². The van der Waals surface area contributed by atoms with E-state index in [9.17, 15) is 9.18 Å². The fourth-order valence-corrected chi connectivity index (χ4v) is 2.65. The molecular formula is C15H20FNO2. The predicted molar refractivity (Wildman–Crippen MR) is 71.5 cm³/mol. The maximum Gasteiger partial charge on any atom is 0.256 e. The number of carbonyl (C=O) groups excluding carboxylic acids is 1. The molecule has 2 rings (SSSR count). The average Bonchev–Trinajstić information content (AvgIpc) is 2.42. The molecule has 1 aliphatic heterocycles. The van der Waals surface area contributed by atoms with Gasteiger partial charge < -0.3 is 10.0 Å². The summed E-state index contributed by atoms with van der Waals surface area (Å²) in [6.45, 7) is 3.10. The van der Waals surface area contributed by atoms with E-state index < -0.39 is 5.82 Å². The molecule has 3 nitrogen and oxygen atoms in total. The fourth-order valence-electron chi connectivity index (χ4n) is 2.65. The van der Waals surface area contributed by atoms with Crippen LogP contribution >= 0.6 is 0 Å². The lowest BCUT2D eigenvalue weighted by atomic mass is 9.94. The van der Waals surface area contributed by atoms with Crippen LogP contribution in [0.3, 0.4) is 0 Å². The summed E-state index contributed by atoms with van der Waals surface area (Å²) >= 11 is 0. The van der Waals surface area contributed by atoms with Crippen LogP contribution in [-0.2, 0) is 0 Å². The van der Waals surface area contributed by atoms with Crippen LogP contribution in [0.25, 0.3) is 0 Å². The number of aliphatic hydroxyl groups excluding tert-OH is 1. The molecule has 0 aromatic heterocycles. The van der Waals surface area contributed by atoms with Crippen LogP contribution in [0.4, 0.5) is 4.39 Å². The van der Waals surface area contributed by atoms with Crippen LogP contribution in [0.5, 0.6) is 0 Å². The normalized spacial score (nSPS) is 19.5. The first-order valence-electron chi connectivity index (χ1n) is 6.78. The number of likely N-dealkylation sites (tertiary alicyclic amines) is 1. The summed E-state index contributed by atoms with van der Waals surface area (Å²) in [5, 5.41) is 8.98. The molecule has 1 aromatic carbocycles. The number of carbonyl (C=O) groups is 1. The molecule has 1 heterocycles. The van der Waals surface area contributed by atoms with Crippen molar-refractivity contribution in [1.29, 1.82) is 0 Å². The second kappa shape index (κ2) is 6.15. The molecule has 0 spiro atoms. The molecule has 104 valence electrons. The van der Waals surface area contributed by atoms with Crippen LogP contribution in [0.15, 0.2) is 18.2 Å². The van der Waals surface area contributed by atoms with Crippen LogP contribution < -0.4 is 0 Å². The number of benzene rings is 1. The molecule has 4 heteroatoms. The highest BCUT2D eigenvalue weighted by Gasteiger charge is 2.25. The van der Waals surface area contributed by atoms with Gasteiger partial charge in [-0.25, -0.2) is 4.39 Å². The zero-order valence-electron chi connectivity index (χ0n) is 11.2. The van der Waals surface area contributed by atoms with Gasteiger partial charge in [-0.05, 0) is 43.7 Å². The maximum absolute atomic E-state index is 14.0. The molecule has 0 bridgehead atoms. The van der Waals surface area contributed by atoms with Gasteiger partial charge in [0.15, 0.2) is 0 Å². The van der Waals surface area contributed by atoms with Gasteiger partial charge in [-0.3, -0.25) is 4.79 Å². The van der Waals surface area contributed by atoms with Crippen molar-refractivity contribution < 1.29 is 14.3 Å². The molecule has 0 saturated carbocycles. The average molecular weight is 265 g/mol. The zero-order chi connectivity index (χ0) is 13.8. The van der Waals surface area contributed by atoms with Crippen molar-refractivity contribution in [3.8, 4) is 0 Å². The van der Waals surface area contributed by atoms with E-state index in [-0.39, 0.29) is 18.1 Å². The van der Waals surface area contributed by atoms with E-state index in [0.29, 0.717) is 31.0 Å². The molecular weight excluding hydrogens is 245 g/mol. The third-order valence-electron chi connectivity index (χ3n) is 3.77. The maximum atomic E-state index is 14.0. The van der Waals surface area contributed by atoms with Crippen molar-refractivity contribution in [3.05, 3.63) is 35.1 Å². The smallest absolute Gasteiger partial charge is 0.256 e. The summed E-state index contributed by atoms with van der Waals surface area (Å²) in [4.78, 5) is 14.1. The summed E-state index contributed by atoms with van der Waals surface area (Å²) in [7, 11) is 0. The van der Waals surface area contributed by atoms with E-state index >= 15 is 0 Å². The van der Waals surface area contributed by atoms with Crippen LogP contribution in [0.2, 0.25) is 0 Å². The minimum absolute atomic E-state index is 0.144. The topological polar surface area (TPSA) is 40.5 Å². The zero-order valence-corrected chi connectivity index (χ0v) is 11.2. The SMILES string of the molecule is Cc1cccc(C(=O)N2CCCC(CCO)C2)c1F. The highest BCUT2D eigenvalue weighted by Crippen LogP contribution is 2.22. The lowest BCUT2D eigenvalue weighted by Gasteiger charge is -2.32. The van der Waals surface area contributed by atoms with Crippen LogP contribution in [0.1, 0.15) is 35.2 Å². The largest absolute Gasteiger partial charge is 0.396 e. The Labute approximate surface area is 113 Å². The molecule has 0 radical (unpaired) electrons. The van der Waals surface area contributed by atoms with Gasteiger partial charge in [0.1, 0.15) is 5.82 Å². The van der Waals surface area contributed by atoms with E-state index in [1.165, 1.54) is 0 Å².